The minimum atomic E-state index is 0.773. The number of hydrogen-bond acceptors (Lipinski definition) is 1. The maximum absolute atomic E-state index is 3.46. The van der Waals surface area contributed by atoms with E-state index in [4.69, 9.17) is 0 Å². The lowest BCUT2D eigenvalue weighted by Crippen LogP contribution is -2.16. The van der Waals surface area contributed by atoms with Gasteiger partial charge in [-0.15, -0.1) is 0 Å². The molecule has 0 saturated heterocycles. The van der Waals surface area contributed by atoms with Crippen LogP contribution in [0.15, 0.2) is 30.3 Å². The van der Waals surface area contributed by atoms with Gasteiger partial charge in [0.25, 0.3) is 0 Å². The minimum absolute atomic E-state index is 0.773. The third-order valence-corrected chi connectivity index (χ3v) is 2.80. The fraction of sp³-hybridized carbons (Fsp3) is 0.429. The van der Waals surface area contributed by atoms with Gasteiger partial charge in [-0.3, -0.25) is 0 Å². The molecule has 0 spiro atoms. The molecule has 86 valence electrons. The monoisotopic (exact) mass is 216 g/mol. The predicted octanol–water partition coefficient (Wildman–Crippen LogP) is 3.30. The molecule has 2 rings (SSSR count). The number of benzene rings is 1. The molecule has 16 heavy (non-hydrogen) atoms. The molecule has 2 N–H and O–H groups in total. The van der Waals surface area contributed by atoms with Crippen molar-refractivity contribution in [3.05, 3.63) is 36.0 Å². The predicted molar refractivity (Wildman–Crippen MR) is 69.5 cm³/mol. The molecule has 0 aliphatic carbocycles. The van der Waals surface area contributed by atoms with Crippen LogP contribution in [0.4, 0.5) is 0 Å². The number of rotatable bonds is 5. The van der Waals surface area contributed by atoms with Crippen molar-refractivity contribution in [2.45, 2.75) is 26.8 Å². The van der Waals surface area contributed by atoms with E-state index in [0.29, 0.717) is 0 Å². The Balaban J connectivity index is 1.89. The molecular formula is C14H20N2. The molecule has 1 aromatic heterocycles. The molecule has 0 amide bonds. The zero-order valence-corrected chi connectivity index (χ0v) is 10.1. The van der Waals surface area contributed by atoms with Crippen molar-refractivity contribution in [1.29, 1.82) is 0 Å². The lowest BCUT2D eigenvalue weighted by Gasteiger charge is -2.05. The van der Waals surface area contributed by atoms with Gasteiger partial charge in [0, 0.05) is 17.8 Å². The van der Waals surface area contributed by atoms with Crippen molar-refractivity contribution < 1.29 is 0 Å². The molecule has 2 heteroatoms. The molecule has 0 unspecified atom stereocenters. The summed E-state index contributed by atoms with van der Waals surface area (Å²) in [5.41, 5.74) is 2.49. The summed E-state index contributed by atoms with van der Waals surface area (Å²) in [6, 6.07) is 10.6. The van der Waals surface area contributed by atoms with E-state index in [1.807, 2.05) is 0 Å². The van der Waals surface area contributed by atoms with Crippen LogP contribution in [-0.2, 0) is 6.54 Å². The van der Waals surface area contributed by atoms with Gasteiger partial charge in [-0.05, 0) is 36.4 Å². The second-order valence-corrected chi connectivity index (χ2v) is 4.74. The van der Waals surface area contributed by atoms with Crippen molar-refractivity contribution >= 4 is 10.9 Å². The number of aromatic amines is 1. The van der Waals surface area contributed by atoms with E-state index in [1.54, 1.807) is 0 Å². The highest BCUT2D eigenvalue weighted by Gasteiger charge is 1.99. The summed E-state index contributed by atoms with van der Waals surface area (Å²) in [5.74, 6) is 0.773. The molecule has 0 radical (unpaired) electrons. The Bertz CT molecular complexity index is 410. The van der Waals surface area contributed by atoms with Gasteiger partial charge in [-0.2, -0.15) is 0 Å². The number of nitrogens with one attached hydrogen (secondary N) is 2. The number of fused-ring (bicyclic) bond motifs is 1. The molecule has 0 aliphatic heterocycles. The number of aromatic nitrogens is 1. The topological polar surface area (TPSA) is 27.8 Å². The molecule has 0 atom stereocenters. The highest BCUT2D eigenvalue weighted by Crippen LogP contribution is 2.14. The molecule has 0 saturated carbocycles. The highest BCUT2D eigenvalue weighted by atomic mass is 14.9. The van der Waals surface area contributed by atoms with E-state index in [2.05, 4.69) is 54.5 Å². The molecule has 1 aromatic carbocycles. The van der Waals surface area contributed by atoms with Crippen LogP contribution in [0.2, 0.25) is 0 Å². The third kappa shape index (κ3) is 2.86. The van der Waals surface area contributed by atoms with Crippen LogP contribution < -0.4 is 5.32 Å². The fourth-order valence-corrected chi connectivity index (χ4v) is 1.84. The third-order valence-electron chi connectivity index (χ3n) is 2.80. The Kier molecular flexibility index (Phi) is 3.62. The van der Waals surface area contributed by atoms with Gasteiger partial charge in [0.1, 0.15) is 0 Å². The Labute approximate surface area is 97.1 Å². The number of hydrogen-bond donors (Lipinski definition) is 2. The van der Waals surface area contributed by atoms with Crippen molar-refractivity contribution in [1.82, 2.24) is 10.3 Å². The summed E-state index contributed by atoms with van der Waals surface area (Å²) in [6.07, 6.45) is 1.24. The summed E-state index contributed by atoms with van der Waals surface area (Å²) in [4.78, 5) is 3.42. The quantitative estimate of drug-likeness (QED) is 0.737. The van der Waals surface area contributed by atoms with Crippen LogP contribution in [0, 0.1) is 5.92 Å². The molecule has 0 fully saturated rings. The molecular weight excluding hydrogens is 196 g/mol. The van der Waals surface area contributed by atoms with Crippen LogP contribution >= 0.6 is 0 Å². The molecule has 1 heterocycles. The van der Waals surface area contributed by atoms with Crippen molar-refractivity contribution in [2.75, 3.05) is 6.54 Å². The first-order chi connectivity index (χ1) is 7.75. The average Bonchev–Trinajstić information content (AvgIpc) is 2.66. The number of H-pyrrole nitrogens is 1. The lowest BCUT2D eigenvalue weighted by molar-refractivity contribution is 0.535. The van der Waals surface area contributed by atoms with E-state index in [9.17, 15) is 0 Å². The maximum atomic E-state index is 3.46. The molecule has 2 aromatic rings. The van der Waals surface area contributed by atoms with Gasteiger partial charge >= 0.3 is 0 Å². The molecule has 0 bridgehead atoms. The Morgan fingerprint density at radius 1 is 1.25 bits per heavy atom. The van der Waals surface area contributed by atoms with Crippen LogP contribution in [-0.4, -0.2) is 11.5 Å². The maximum Gasteiger partial charge on any atom is 0.0456 e. The van der Waals surface area contributed by atoms with E-state index in [0.717, 1.165) is 19.0 Å². The van der Waals surface area contributed by atoms with Gasteiger partial charge in [-0.1, -0.05) is 32.0 Å². The average molecular weight is 216 g/mol. The van der Waals surface area contributed by atoms with Gasteiger partial charge in [-0.25, -0.2) is 0 Å². The largest absolute Gasteiger partial charge is 0.357 e. The van der Waals surface area contributed by atoms with Gasteiger partial charge < -0.3 is 10.3 Å². The smallest absolute Gasteiger partial charge is 0.0456 e. The summed E-state index contributed by atoms with van der Waals surface area (Å²) >= 11 is 0. The fourth-order valence-electron chi connectivity index (χ4n) is 1.84. The standard InChI is InChI=1S/C14H20N2/c1-11(2)7-8-15-10-13-9-12-5-3-4-6-14(12)16-13/h3-6,9,11,15-16H,7-8,10H2,1-2H3. The molecule has 0 aliphatic rings. The van der Waals surface area contributed by atoms with Crippen LogP contribution in [0.1, 0.15) is 26.0 Å². The van der Waals surface area contributed by atoms with Crippen LogP contribution in [0.25, 0.3) is 10.9 Å². The summed E-state index contributed by atoms with van der Waals surface area (Å²) in [7, 11) is 0. The normalized spacial score (nSPS) is 11.4. The number of para-hydroxylation sites is 1. The summed E-state index contributed by atoms with van der Waals surface area (Å²) in [6.45, 7) is 6.53. The van der Waals surface area contributed by atoms with Gasteiger partial charge in [0.05, 0.1) is 0 Å². The Morgan fingerprint density at radius 2 is 2.06 bits per heavy atom. The van der Waals surface area contributed by atoms with E-state index < -0.39 is 0 Å². The van der Waals surface area contributed by atoms with E-state index in [1.165, 1.54) is 23.0 Å². The van der Waals surface area contributed by atoms with E-state index >= 15 is 0 Å². The van der Waals surface area contributed by atoms with Gasteiger partial charge in [0.2, 0.25) is 0 Å². The molecule has 2 nitrogen and oxygen atoms in total. The zero-order valence-electron chi connectivity index (χ0n) is 10.1. The van der Waals surface area contributed by atoms with Crippen molar-refractivity contribution in [3.8, 4) is 0 Å². The summed E-state index contributed by atoms with van der Waals surface area (Å²) < 4.78 is 0. The SMILES string of the molecule is CC(C)CCNCc1cc2ccccc2[nH]1. The second kappa shape index (κ2) is 5.17. The summed E-state index contributed by atoms with van der Waals surface area (Å²) in [5, 5.41) is 4.76. The lowest BCUT2D eigenvalue weighted by atomic mass is 10.1. The Hall–Kier alpha value is -1.28. The minimum Gasteiger partial charge on any atom is -0.357 e. The van der Waals surface area contributed by atoms with Crippen LogP contribution in [0.5, 0.6) is 0 Å². The van der Waals surface area contributed by atoms with Crippen molar-refractivity contribution in [3.63, 3.8) is 0 Å². The Morgan fingerprint density at radius 3 is 2.81 bits per heavy atom. The first-order valence-electron chi connectivity index (χ1n) is 6.03. The van der Waals surface area contributed by atoms with Crippen LogP contribution in [0.3, 0.4) is 0 Å². The van der Waals surface area contributed by atoms with E-state index in [-0.39, 0.29) is 0 Å². The highest BCUT2D eigenvalue weighted by molar-refractivity contribution is 5.80. The zero-order chi connectivity index (χ0) is 11.4. The first kappa shape index (κ1) is 11.2. The first-order valence-corrected chi connectivity index (χ1v) is 6.03. The van der Waals surface area contributed by atoms with Crippen molar-refractivity contribution in [2.24, 2.45) is 5.92 Å². The second-order valence-electron chi connectivity index (χ2n) is 4.74. The van der Waals surface area contributed by atoms with Gasteiger partial charge in [0.15, 0.2) is 0 Å².